The SMILES string of the molecule is CCN(CC)CCOCC(C=O)n1nc(C(F)(F)F)c(Cl)c1-c1ccc(-c2cccc(S(C)(=O)=O)c2)cc1. The number of hydrogen-bond donors (Lipinski definition) is 0. The van der Waals surface area contributed by atoms with Crippen LogP contribution in [0.5, 0.6) is 0 Å². The summed E-state index contributed by atoms with van der Waals surface area (Å²) in [7, 11) is -3.42. The molecule has 2 aromatic carbocycles. The van der Waals surface area contributed by atoms with Crippen LogP contribution >= 0.6 is 11.6 Å². The van der Waals surface area contributed by atoms with E-state index < -0.39 is 32.8 Å². The molecule has 0 radical (unpaired) electrons. The summed E-state index contributed by atoms with van der Waals surface area (Å²) in [5.74, 6) is 0. The zero-order valence-corrected chi connectivity index (χ0v) is 22.8. The molecule has 1 aromatic heterocycles. The van der Waals surface area contributed by atoms with Crippen molar-refractivity contribution in [3.8, 4) is 22.4 Å². The van der Waals surface area contributed by atoms with E-state index in [1.807, 2.05) is 13.8 Å². The summed E-state index contributed by atoms with van der Waals surface area (Å²) in [5.41, 5.74) is 0.191. The summed E-state index contributed by atoms with van der Waals surface area (Å²) in [6.07, 6.45) is -3.25. The third-order valence-corrected chi connectivity index (χ3v) is 7.55. The number of hydrogen-bond acceptors (Lipinski definition) is 6. The Bertz CT molecular complexity index is 1360. The highest BCUT2D eigenvalue weighted by Crippen LogP contribution is 2.41. The van der Waals surface area contributed by atoms with Crippen LogP contribution in [0.1, 0.15) is 25.6 Å². The third kappa shape index (κ3) is 7.02. The number of carbonyl (C=O) groups is 1. The van der Waals surface area contributed by atoms with Crippen molar-refractivity contribution < 1.29 is 31.1 Å². The van der Waals surface area contributed by atoms with Crippen molar-refractivity contribution in [2.24, 2.45) is 0 Å². The molecule has 3 rings (SSSR count). The van der Waals surface area contributed by atoms with Gasteiger partial charge in [-0.05, 0) is 36.3 Å². The van der Waals surface area contributed by atoms with Gasteiger partial charge in [-0.1, -0.05) is 61.8 Å². The van der Waals surface area contributed by atoms with Crippen LogP contribution in [0.2, 0.25) is 5.02 Å². The summed E-state index contributed by atoms with van der Waals surface area (Å²) < 4.78 is 71.4. The fourth-order valence-electron chi connectivity index (χ4n) is 3.93. The Hall–Kier alpha value is -2.73. The lowest BCUT2D eigenvalue weighted by Crippen LogP contribution is -2.28. The highest BCUT2D eigenvalue weighted by Gasteiger charge is 2.40. The molecule has 1 atom stereocenters. The molecule has 0 N–H and O–H groups in total. The number of rotatable bonds is 12. The molecular formula is C26H29ClF3N3O4S. The predicted molar refractivity (Wildman–Crippen MR) is 140 cm³/mol. The van der Waals surface area contributed by atoms with Gasteiger partial charge in [-0.25, -0.2) is 8.42 Å². The van der Waals surface area contributed by atoms with Gasteiger partial charge in [0, 0.05) is 18.4 Å². The van der Waals surface area contributed by atoms with Gasteiger partial charge in [0.05, 0.1) is 28.8 Å². The molecular weight excluding hydrogens is 543 g/mol. The van der Waals surface area contributed by atoms with E-state index in [0.29, 0.717) is 36.1 Å². The highest BCUT2D eigenvalue weighted by atomic mass is 35.5. The summed E-state index contributed by atoms with van der Waals surface area (Å²) in [6.45, 7) is 6.37. The van der Waals surface area contributed by atoms with E-state index in [9.17, 15) is 26.4 Å². The Balaban J connectivity index is 1.96. The Kier molecular flexibility index (Phi) is 9.74. The number of aldehydes is 1. The van der Waals surface area contributed by atoms with Crippen molar-refractivity contribution in [2.45, 2.75) is 31.0 Å². The number of halogens is 4. The molecule has 0 aliphatic carbocycles. The van der Waals surface area contributed by atoms with Crippen molar-refractivity contribution >= 4 is 27.7 Å². The molecule has 38 heavy (non-hydrogen) atoms. The Labute approximate surface area is 225 Å². The number of alkyl halides is 3. The van der Waals surface area contributed by atoms with E-state index >= 15 is 0 Å². The van der Waals surface area contributed by atoms with Gasteiger partial charge in [-0.3, -0.25) is 4.68 Å². The highest BCUT2D eigenvalue weighted by molar-refractivity contribution is 7.90. The third-order valence-electron chi connectivity index (χ3n) is 6.08. The molecule has 0 aliphatic rings. The molecule has 0 aliphatic heterocycles. The lowest BCUT2D eigenvalue weighted by Gasteiger charge is -2.19. The minimum Gasteiger partial charge on any atom is -0.377 e. The van der Waals surface area contributed by atoms with E-state index in [-0.39, 0.29) is 17.2 Å². The first-order valence-electron chi connectivity index (χ1n) is 11.9. The quantitative estimate of drug-likeness (QED) is 0.214. The molecule has 206 valence electrons. The largest absolute Gasteiger partial charge is 0.436 e. The lowest BCUT2D eigenvalue weighted by atomic mass is 10.0. The van der Waals surface area contributed by atoms with Crippen molar-refractivity contribution in [2.75, 3.05) is 39.1 Å². The molecule has 0 saturated carbocycles. The predicted octanol–water partition coefficient (Wildman–Crippen LogP) is 5.39. The first-order valence-corrected chi connectivity index (χ1v) is 14.2. The Morgan fingerprint density at radius 3 is 2.26 bits per heavy atom. The molecule has 0 fully saturated rings. The molecule has 0 amide bonds. The van der Waals surface area contributed by atoms with Crippen LogP contribution in [0.15, 0.2) is 53.4 Å². The summed E-state index contributed by atoms with van der Waals surface area (Å²) in [4.78, 5) is 14.2. The molecule has 0 spiro atoms. The maximum Gasteiger partial charge on any atom is 0.436 e. The van der Waals surface area contributed by atoms with Gasteiger partial charge < -0.3 is 14.4 Å². The molecule has 0 saturated heterocycles. The number of aromatic nitrogens is 2. The van der Waals surface area contributed by atoms with Crippen molar-refractivity contribution in [1.29, 1.82) is 0 Å². The first-order chi connectivity index (χ1) is 17.9. The number of nitrogens with zero attached hydrogens (tertiary/aromatic N) is 3. The smallest absolute Gasteiger partial charge is 0.377 e. The van der Waals surface area contributed by atoms with Crippen LogP contribution in [0.3, 0.4) is 0 Å². The average molecular weight is 572 g/mol. The molecule has 1 unspecified atom stereocenters. The van der Waals surface area contributed by atoms with E-state index in [4.69, 9.17) is 16.3 Å². The second-order valence-corrected chi connectivity index (χ2v) is 11.0. The molecule has 1 heterocycles. The maximum atomic E-state index is 13.7. The zero-order chi connectivity index (χ0) is 28.1. The van der Waals surface area contributed by atoms with Crippen LogP contribution in [-0.2, 0) is 25.5 Å². The minimum atomic E-state index is -4.83. The summed E-state index contributed by atoms with van der Waals surface area (Å²) in [6, 6.07) is 11.5. The van der Waals surface area contributed by atoms with Gasteiger partial charge in [0.25, 0.3) is 0 Å². The van der Waals surface area contributed by atoms with Crippen LogP contribution in [-0.4, -0.2) is 68.5 Å². The van der Waals surface area contributed by atoms with Crippen LogP contribution < -0.4 is 0 Å². The Morgan fingerprint density at radius 2 is 1.71 bits per heavy atom. The molecule has 3 aromatic rings. The second-order valence-electron chi connectivity index (χ2n) is 8.64. The number of ether oxygens (including phenoxy) is 1. The van der Waals surface area contributed by atoms with Crippen molar-refractivity contribution in [1.82, 2.24) is 14.7 Å². The monoisotopic (exact) mass is 571 g/mol. The van der Waals surface area contributed by atoms with E-state index in [2.05, 4.69) is 10.00 Å². The fraction of sp³-hybridized carbons (Fsp3) is 0.385. The minimum absolute atomic E-state index is 0.0696. The van der Waals surface area contributed by atoms with Crippen LogP contribution in [0.4, 0.5) is 13.2 Å². The van der Waals surface area contributed by atoms with E-state index in [1.165, 1.54) is 12.1 Å². The van der Waals surface area contributed by atoms with Gasteiger partial charge in [0.15, 0.2) is 15.5 Å². The number of benzene rings is 2. The summed E-state index contributed by atoms with van der Waals surface area (Å²) >= 11 is 6.18. The van der Waals surface area contributed by atoms with Crippen molar-refractivity contribution in [3.63, 3.8) is 0 Å². The van der Waals surface area contributed by atoms with Gasteiger partial charge >= 0.3 is 6.18 Å². The second kappa shape index (κ2) is 12.4. The topological polar surface area (TPSA) is 81.5 Å². The maximum absolute atomic E-state index is 13.7. The fourth-order valence-corrected chi connectivity index (χ4v) is 4.93. The number of likely N-dealkylation sites (N-methyl/N-ethyl adjacent to an activating group) is 1. The molecule has 0 bridgehead atoms. The lowest BCUT2D eigenvalue weighted by molar-refractivity contribution is -0.141. The van der Waals surface area contributed by atoms with Gasteiger partial charge in [0.1, 0.15) is 12.3 Å². The van der Waals surface area contributed by atoms with Gasteiger partial charge in [-0.2, -0.15) is 18.3 Å². The van der Waals surface area contributed by atoms with Crippen LogP contribution in [0.25, 0.3) is 22.4 Å². The van der Waals surface area contributed by atoms with Crippen molar-refractivity contribution in [3.05, 3.63) is 59.2 Å². The van der Waals surface area contributed by atoms with E-state index in [1.54, 1.807) is 36.4 Å². The standard InChI is InChI=1S/C26H29ClF3N3O4S/c1-4-32(5-2)13-14-37-17-21(16-34)33-24(23(27)25(31-33)26(28,29)30)19-11-9-18(10-12-19)20-7-6-8-22(15-20)38(3,35)36/h6-12,15-16,21H,4-5,13-14,17H2,1-3H3. The number of carbonyl (C=O) groups excluding carboxylic acids is 1. The van der Waals surface area contributed by atoms with Gasteiger partial charge in [0.2, 0.25) is 0 Å². The first kappa shape index (κ1) is 29.8. The normalized spacial score (nSPS) is 13.2. The zero-order valence-electron chi connectivity index (χ0n) is 21.2. The van der Waals surface area contributed by atoms with Gasteiger partial charge in [-0.15, -0.1) is 0 Å². The Morgan fingerprint density at radius 1 is 1.08 bits per heavy atom. The number of sulfone groups is 1. The summed E-state index contributed by atoms with van der Waals surface area (Å²) in [5, 5.41) is 3.04. The average Bonchev–Trinajstić information content (AvgIpc) is 3.23. The van der Waals surface area contributed by atoms with Crippen LogP contribution in [0, 0.1) is 0 Å². The van der Waals surface area contributed by atoms with E-state index in [0.717, 1.165) is 24.0 Å². The molecule has 7 nitrogen and oxygen atoms in total. The molecule has 12 heteroatoms.